The zero-order valence-corrected chi connectivity index (χ0v) is 18.1. The fraction of sp³-hybridized carbons (Fsp3) is 0.423. The summed E-state index contributed by atoms with van der Waals surface area (Å²) in [4.78, 5) is 12.6. The Bertz CT molecular complexity index is 918. The third-order valence-electron chi connectivity index (χ3n) is 7.17. The van der Waals surface area contributed by atoms with Crippen molar-refractivity contribution >= 4 is 5.97 Å². The molecular weight excluding hydrogens is 376 g/mol. The Balaban J connectivity index is 1.57. The van der Waals surface area contributed by atoms with Gasteiger partial charge in [-0.3, -0.25) is 0 Å². The van der Waals surface area contributed by atoms with Crippen molar-refractivity contribution in [3.05, 3.63) is 77.4 Å². The lowest BCUT2D eigenvalue weighted by molar-refractivity contribution is -0.166. The first-order chi connectivity index (χ1) is 14.5. The Morgan fingerprint density at radius 1 is 1.10 bits per heavy atom. The Morgan fingerprint density at radius 2 is 1.80 bits per heavy atom. The molecule has 2 aliphatic rings. The summed E-state index contributed by atoms with van der Waals surface area (Å²) in [5, 5.41) is 0. The second-order valence-corrected chi connectivity index (χ2v) is 8.69. The molecule has 0 spiro atoms. The largest absolute Gasteiger partial charge is 0.497 e. The van der Waals surface area contributed by atoms with E-state index in [-0.39, 0.29) is 29.3 Å². The number of benzene rings is 2. The molecule has 4 heteroatoms. The third-order valence-corrected chi connectivity index (χ3v) is 7.17. The number of esters is 1. The minimum atomic E-state index is -0.274. The maximum absolute atomic E-state index is 12.6. The van der Waals surface area contributed by atoms with Crippen molar-refractivity contribution in [1.29, 1.82) is 0 Å². The summed E-state index contributed by atoms with van der Waals surface area (Å²) in [6, 6.07) is 17.3. The molecule has 0 saturated carbocycles. The standard InChI is InChI=1S/C26H30O4/c1-17-14-18(2)26(16-30-25(27)21-8-6-5-7-9-21)15-29-24(23(17)19(26)3)20-10-12-22(28-4)13-11-20/h5-14,18-19,23-24H,15-16H2,1-4H3/t18-,19-,23-,24+,26+/m0/s1. The van der Waals surface area contributed by atoms with Crippen LogP contribution in [0.3, 0.4) is 0 Å². The number of carbonyl (C=O) groups is 1. The van der Waals surface area contributed by atoms with E-state index >= 15 is 0 Å². The number of fused-ring (bicyclic) bond motifs is 2. The summed E-state index contributed by atoms with van der Waals surface area (Å²) in [6.45, 7) is 7.62. The fourth-order valence-electron chi connectivity index (χ4n) is 5.21. The lowest BCUT2D eigenvalue weighted by Crippen LogP contribution is -2.54. The number of ether oxygens (including phenoxy) is 3. The zero-order valence-electron chi connectivity index (χ0n) is 18.1. The van der Waals surface area contributed by atoms with Crippen LogP contribution in [0.25, 0.3) is 0 Å². The van der Waals surface area contributed by atoms with Gasteiger partial charge >= 0.3 is 5.97 Å². The van der Waals surface area contributed by atoms with Crippen LogP contribution in [-0.2, 0) is 9.47 Å². The second kappa shape index (κ2) is 8.27. The third kappa shape index (κ3) is 3.54. The van der Waals surface area contributed by atoms with E-state index in [1.807, 2.05) is 30.3 Å². The van der Waals surface area contributed by atoms with Gasteiger partial charge in [0.05, 0.1) is 25.4 Å². The number of allylic oxidation sites excluding steroid dienone is 1. The molecule has 0 N–H and O–H groups in total. The smallest absolute Gasteiger partial charge is 0.338 e. The van der Waals surface area contributed by atoms with Gasteiger partial charge in [0, 0.05) is 11.3 Å². The lowest BCUT2D eigenvalue weighted by atomic mass is 9.56. The summed E-state index contributed by atoms with van der Waals surface area (Å²) in [5.41, 5.74) is 2.86. The predicted octanol–water partition coefficient (Wildman–Crippen LogP) is 5.46. The van der Waals surface area contributed by atoms with E-state index in [0.29, 0.717) is 24.7 Å². The van der Waals surface area contributed by atoms with Crippen molar-refractivity contribution in [2.75, 3.05) is 20.3 Å². The van der Waals surface area contributed by atoms with Gasteiger partial charge in [-0.1, -0.05) is 55.8 Å². The summed E-state index contributed by atoms with van der Waals surface area (Å²) in [5.74, 6) is 1.41. The summed E-state index contributed by atoms with van der Waals surface area (Å²) < 4.78 is 17.6. The molecule has 2 aromatic rings. The van der Waals surface area contributed by atoms with Crippen LogP contribution in [0.2, 0.25) is 0 Å². The Morgan fingerprint density at radius 3 is 2.47 bits per heavy atom. The van der Waals surface area contributed by atoms with Gasteiger partial charge in [0.25, 0.3) is 0 Å². The highest BCUT2D eigenvalue weighted by Gasteiger charge is 2.54. The normalized spacial score (nSPS) is 30.3. The predicted molar refractivity (Wildman–Crippen MR) is 116 cm³/mol. The summed E-state index contributed by atoms with van der Waals surface area (Å²) in [7, 11) is 1.68. The minimum absolute atomic E-state index is 0.00685. The minimum Gasteiger partial charge on any atom is -0.497 e. The molecule has 0 radical (unpaired) electrons. The van der Waals surface area contributed by atoms with E-state index in [1.54, 1.807) is 19.2 Å². The highest BCUT2D eigenvalue weighted by atomic mass is 16.5. The van der Waals surface area contributed by atoms with E-state index in [4.69, 9.17) is 14.2 Å². The van der Waals surface area contributed by atoms with Crippen LogP contribution in [0.4, 0.5) is 0 Å². The average Bonchev–Trinajstić information content (AvgIpc) is 2.77. The van der Waals surface area contributed by atoms with Crippen LogP contribution in [0.5, 0.6) is 5.75 Å². The molecule has 0 unspecified atom stereocenters. The van der Waals surface area contributed by atoms with Crippen molar-refractivity contribution in [3.63, 3.8) is 0 Å². The van der Waals surface area contributed by atoms with Gasteiger partial charge in [-0.05, 0) is 48.6 Å². The van der Waals surface area contributed by atoms with Gasteiger partial charge in [0.15, 0.2) is 0 Å². The summed E-state index contributed by atoms with van der Waals surface area (Å²) in [6.07, 6.45) is 2.34. The van der Waals surface area contributed by atoms with Crippen molar-refractivity contribution in [2.24, 2.45) is 23.2 Å². The molecule has 1 fully saturated rings. The second-order valence-electron chi connectivity index (χ2n) is 8.69. The molecule has 1 heterocycles. The fourth-order valence-corrected chi connectivity index (χ4v) is 5.21. The van der Waals surface area contributed by atoms with E-state index in [2.05, 4.69) is 39.0 Å². The highest BCUT2D eigenvalue weighted by molar-refractivity contribution is 5.89. The number of carbonyl (C=O) groups excluding carboxylic acids is 1. The molecule has 5 atom stereocenters. The highest BCUT2D eigenvalue weighted by Crippen LogP contribution is 2.56. The zero-order chi connectivity index (χ0) is 21.3. The Hall–Kier alpha value is -2.59. The van der Waals surface area contributed by atoms with Crippen molar-refractivity contribution in [3.8, 4) is 5.75 Å². The molecule has 158 valence electrons. The number of methoxy groups -OCH3 is 1. The van der Waals surface area contributed by atoms with Gasteiger partial charge < -0.3 is 14.2 Å². The Kier molecular flexibility index (Phi) is 5.70. The van der Waals surface area contributed by atoms with Crippen LogP contribution < -0.4 is 4.74 Å². The first-order valence-electron chi connectivity index (χ1n) is 10.6. The maximum Gasteiger partial charge on any atom is 0.338 e. The van der Waals surface area contributed by atoms with Crippen molar-refractivity contribution < 1.29 is 19.0 Å². The molecule has 1 aliphatic heterocycles. The quantitative estimate of drug-likeness (QED) is 0.489. The molecule has 2 bridgehead atoms. The monoisotopic (exact) mass is 406 g/mol. The van der Waals surface area contributed by atoms with Crippen molar-refractivity contribution in [2.45, 2.75) is 26.9 Å². The molecule has 4 rings (SSSR count). The van der Waals surface area contributed by atoms with E-state index in [9.17, 15) is 4.79 Å². The van der Waals surface area contributed by atoms with Crippen LogP contribution in [-0.4, -0.2) is 26.3 Å². The van der Waals surface area contributed by atoms with E-state index in [1.165, 1.54) is 5.57 Å². The van der Waals surface area contributed by atoms with Crippen LogP contribution >= 0.6 is 0 Å². The van der Waals surface area contributed by atoms with Crippen LogP contribution in [0, 0.1) is 23.2 Å². The van der Waals surface area contributed by atoms with Crippen LogP contribution in [0.1, 0.15) is 42.8 Å². The topological polar surface area (TPSA) is 44.8 Å². The van der Waals surface area contributed by atoms with Gasteiger partial charge in [0.2, 0.25) is 0 Å². The first kappa shape index (κ1) is 20.7. The molecule has 4 nitrogen and oxygen atoms in total. The number of hydrogen-bond acceptors (Lipinski definition) is 4. The lowest BCUT2D eigenvalue weighted by Gasteiger charge is -2.55. The molecule has 0 aromatic heterocycles. The number of hydrogen-bond donors (Lipinski definition) is 0. The first-order valence-corrected chi connectivity index (χ1v) is 10.6. The maximum atomic E-state index is 12.6. The SMILES string of the molecule is COc1ccc([C@H]2OC[C@@]3(COC(=O)c4ccccc4)[C@@H](C)C=C(C)[C@H]2[C@@H]3C)cc1. The van der Waals surface area contributed by atoms with Gasteiger partial charge in [-0.25, -0.2) is 4.79 Å². The molecule has 1 saturated heterocycles. The molecule has 2 aromatic carbocycles. The van der Waals surface area contributed by atoms with Gasteiger partial charge in [0.1, 0.15) is 12.4 Å². The number of rotatable bonds is 5. The van der Waals surface area contributed by atoms with E-state index in [0.717, 1.165) is 11.3 Å². The Labute approximate surface area is 178 Å². The van der Waals surface area contributed by atoms with Crippen molar-refractivity contribution in [1.82, 2.24) is 0 Å². The summed E-state index contributed by atoms with van der Waals surface area (Å²) >= 11 is 0. The van der Waals surface area contributed by atoms with E-state index < -0.39 is 0 Å². The molecule has 1 aliphatic carbocycles. The molecule has 0 amide bonds. The van der Waals surface area contributed by atoms with Gasteiger partial charge in [-0.15, -0.1) is 0 Å². The molecular formula is C26H30O4. The van der Waals surface area contributed by atoms with Crippen LogP contribution in [0.15, 0.2) is 66.2 Å². The average molecular weight is 407 g/mol. The van der Waals surface area contributed by atoms with Gasteiger partial charge in [-0.2, -0.15) is 0 Å². The molecule has 30 heavy (non-hydrogen) atoms.